The number of aryl methyl sites for hydroxylation is 1. The summed E-state index contributed by atoms with van der Waals surface area (Å²) in [4.78, 5) is 11.5. The second-order valence-corrected chi connectivity index (χ2v) is 3.49. The van der Waals surface area contributed by atoms with Crippen molar-refractivity contribution >= 4 is 11.0 Å². The van der Waals surface area contributed by atoms with E-state index < -0.39 is 0 Å². The molecule has 0 aliphatic rings. The standard InChI is InChI=1S/C11H10N4/c1-15-6-9(10-5-12-7-14-10)8-3-2-4-13-11(8)15/h2-7H,1H3,(H,12,14). The van der Waals surface area contributed by atoms with E-state index in [2.05, 4.69) is 27.2 Å². The number of nitrogens with one attached hydrogen (secondary N) is 1. The monoisotopic (exact) mass is 198 g/mol. The zero-order valence-corrected chi connectivity index (χ0v) is 8.31. The van der Waals surface area contributed by atoms with E-state index in [1.165, 1.54) is 0 Å². The second kappa shape index (κ2) is 2.95. The molecule has 3 aromatic rings. The van der Waals surface area contributed by atoms with Gasteiger partial charge in [0.1, 0.15) is 5.65 Å². The summed E-state index contributed by atoms with van der Waals surface area (Å²) in [5.41, 5.74) is 3.15. The molecule has 3 heterocycles. The van der Waals surface area contributed by atoms with Crippen LogP contribution in [0.2, 0.25) is 0 Å². The number of hydrogen-bond donors (Lipinski definition) is 1. The van der Waals surface area contributed by atoms with E-state index in [-0.39, 0.29) is 0 Å². The van der Waals surface area contributed by atoms with Gasteiger partial charge in [0.25, 0.3) is 0 Å². The van der Waals surface area contributed by atoms with Crippen LogP contribution in [-0.4, -0.2) is 19.5 Å². The third-order valence-electron chi connectivity index (χ3n) is 2.52. The topological polar surface area (TPSA) is 46.5 Å². The quantitative estimate of drug-likeness (QED) is 0.649. The van der Waals surface area contributed by atoms with Gasteiger partial charge in [-0.15, -0.1) is 0 Å². The molecule has 0 unspecified atom stereocenters. The molecule has 0 bridgehead atoms. The van der Waals surface area contributed by atoms with Crippen LogP contribution in [0.3, 0.4) is 0 Å². The summed E-state index contributed by atoms with van der Waals surface area (Å²) in [6, 6.07) is 4.01. The summed E-state index contributed by atoms with van der Waals surface area (Å²) in [6.45, 7) is 0. The molecule has 74 valence electrons. The van der Waals surface area contributed by atoms with Gasteiger partial charge in [-0.25, -0.2) is 9.97 Å². The van der Waals surface area contributed by atoms with Crippen LogP contribution in [0.25, 0.3) is 22.3 Å². The molecule has 0 saturated carbocycles. The number of pyridine rings is 1. The Morgan fingerprint density at radius 2 is 2.33 bits per heavy atom. The molecule has 0 spiro atoms. The highest BCUT2D eigenvalue weighted by Crippen LogP contribution is 2.26. The average Bonchev–Trinajstić information content (AvgIpc) is 2.87. The van der Waals surface area contributed by atoms with Crippen LogP contribution in [0.4, 0.5) is 0 Å². The number of nitrogens with zero attached hydrogens (tertiary/aromatic N) is 3. The van der Waals surface area contributed by atoms with Gasteiger partial charge in [0, 0.05) is 30.4 Å². The van der Waals surface area contributed by atoms with Crippen LogP contribution in [0.5, 0.6) is 0 Å². The summed E-state index contributed by atoms with van der Waals surface area (Å²) in [5.74, 6) is 0. The zero-order valence-electron chi connectivity index (χ0n) is 8.31. The first-order chi connectivity index (χ1) is 7.36. The molecule has 0 aliphatic carbocycles. The third kappa shape index (κ3) is 1.15. The molecule has 3 aromatic heterocycles. The van der Waals surface area contributed by atoms with Gasteiger partial charge in [0.05, 0.1) is 18.2 Å². The molecule has 0 saturated heterocycles. The van der Waals surface area contributed by atoms with Gasteiger partial charge in [0.2, 0.25) is 0 Å². The van der Waals surface area contributed by atoms with Crippen molar-refractivity contribution in [3.63, 3.8) is 0 Å². The Hall–Kier alpha value is -2.10. The number of rotatable bonds is 1. The van der Waals surface area contributed by atoms with Gasteiger partial charge in [-0.05, 0) is 12.1 Å². The van der Waals surface area contributed by atoms with Gasteiger partial charge in [-0.3, -0.25) is 0 Å². The molecule has 1 N–H and O–H groups in total. The smallest absolute Gasteiger partial charge is 0.140 e. The zero-order chi connectivity index (χ0) is 10.3. The molecule has 4 nitrogen and oxygen atoms in total. The van der Waals surface area contributed by atoms with Crippen molar-refractivity contribution in [2.75, 3.05) is 0 Å². The summed E-state index contributed by atoms with van der Waals surface area (Å²) in [6.07, 6.45) is 7.37. The normalized spacial score (nSPS) is 11.0. The lowest BCUT2D eigenvalue weighted by Crippen LogP contribution is -1.85. The van der Waals surface area contributed by atoms with Gasteiger partial charge in [-0.1, -0.05) is 0 Å². The molecule has 0 atom stereocenters. The van der Waals surface area contributed by atoms with Crippen molar-refractivity contribution in [1.82, 2.24) is 19.5 Å². The van der Waals surface area contributed by atoms with Gasteiger partial charge in [-0.2, -0.15) is 0 Å². The molecule has 0 amide bonds. The SMILES string of the molecule is Cn1cc(-c2cnc[nH]2)c2cccnc21. The molecule has 0 radical (unpaired) electrons. The molecule has 0 fully saturated rings. The maximum atomic E-state index is 4.34. The highest BCUT2D eigenvalue weighted by atomic mass is 15.0. The summed E-state index contributed by atoms with van der Waals surface area (Å²) >= 11 is 0. The summed E-state index contributed by atoms with van der Waals surface area (Å²) in [7, 11) is 2.00. The average molecular weight is 198 g/mol. The van der Waals surface area contributed by atoms with E-state index >= 15 is 0 Å². The lowest BCUT2D eigenvalue weighted by Gasteiger charge is -1.93. The molecule has 0 aliphatic heterocycles. The predicted octanol–water partition coefficient (Wildman–Crippen LogP) is 1.96. The molecule has 3 rings (SSSR count). The van der Waals surface area contributed by atoms with Crippen LogP contribution in [0, 0.1) is 0 Å². The van der Waals surface area contributed by atoms with Crippen molar-refractivity contribution < 1.29 is 0 Å². The molecule has 4 heteroatoms. The Kier molecular flexibility index (Phi) is 1.62. The Bertz CT molecular complexity index is 592. The number of hydrogen-bond acceptors (Lipinski definition) is 2. The van der Waals surface area contributed by atoms with Crippen LogP contribution in [0.1, 0.15) is 0 Å². The number of aromatic nitrogens is 4. The van der Waals surface area contributed by atoms with Crippen LogP contribution in [-0.2, 0) is 7.05 Å². The predicted molar refractivity (Wildman–Crippen MR) is 58.3 cm³/mol. The van der Waals surface area contributed by atoms with Crippen LogP contribution < -0.4 is 0 Å². The summed E-state index contributed by atoms with van der Waals surface area (Å²) < 4.78 is 2.02. The Morgan fingerprint density at radius 3 is 3.13 bits per heavy atom. The lowest BCUT2D eigenvalue weighted by molar-refractivity contribution is 0.949. The van der Waals surface area contributed by atoms with Gasteiger partial charge < -0.3 is 9.55 Å². The number of aromatic amines is 1. The molecular formula is C11H10N4. The first kappa shape index (κ1) is 8.23. The minimum Gasteiger partial charge on any atom is -0.345 e. The van der Waals surface area contributed by atoms with Crippen molar-refractivity contribution in [3.8, 4) is 11.3 Å². The number of H-pyrrole nitrogens is 1. The van der Waals surface area contributed by atoms with Crippen molar-refractivity contribution in [2.24, 2.45) is 7.05 Å². The molecular weight excluding hydrogens is 188 g/mol. The Labute approximate surface area is 86.6 Å². The van der Waals surface area contributed by atoms with E-state index in [4.69, 9.17) is 0 Å². The van der Waals surface area contributed by atoms with Crippen LogP contribution in [0.15, 0.2) is 37.1 Å². The summed E-state index contributed by atoms with van der Waals surface area (Å²) in [5, 5.41) is 1.14. The largest absolute Gasteiger partial charge is 0.345 e. The van der Waals surface area contributed by atoms with E-state index in [1.54, 1.807) is 12.5 Å². The van der Waals surface area contributed by atoms with E-state index in [0.717, 1.165) is 22.3 Å². The fourth-order valence-electron chi connectivity index (χ4n) is 1.83. The van der Waals surface area contributed by atoms with Crippen molar-refractivity contribution in [2.45, 2.75) is 0 Å². The maximum Gasteiger partial charge on any atom is 0.140 e. The number of fused-ring (bicyclic) bond motifs is 1. The minimum absolute atomic E-state index is 0.988. The fourth-order valence-corrected chi connectivity index (χ4v) is 1.83. The van der Waals surface area contributed by atoms with Crippen LogP contribution >= 0.6 is 0 Å². The Morgan fingerprint density at radius 1 is 1.40 bits per heavy atom. The van der Waals surface area contributed by atoms with E-state index in [9.17, 15) is 0 Å². The highest BCUT2D eigenvalue weighted by Gasteiger charge is 2.09. The fraction of sp³-hybridized carbons (Fsp3) is 0.0909. The second-order valence-electron chi connectivity index (χ2n) is 3.49. The van der Waals surface area contributed by atoms with Gasteiger partial charge in [0.15, 0.2) is 0 Å². The van der Waals surface area contributed by atoms with Gasteiger partial charge >= 0.3 is 0 Å². The first-order valence-electron chi connectivity index (χ1n) is 4.75. The Balaban J connectivity index is 2.37. The van der Waals surface area contributed by atoms with E-state index in [0.29, 0.717) is 0 Å². The first-order valence-corrected chi connectivity index (χ1v) is 4.75. The number of imidazole rings is 1. The maximum absolute atomic E-state index is 4.34. The van der Waals surface area contributed by atoms with Crippen molar-refractivity contribution in [1.29, 1.82) is 0 Å². The molecule has 0 aromatic carbocycles. The minimum atomic E-state index is 0.988. The highest BCUT2D eigenvalue weighted by molar-refractivity contribution is 5.92. The van der Waals surface area contributed by atoms with Crippen molar-refractivity contribution in [3.05, 3.63) is 37.1 Å². The lowest BCUT2D eigenvalue weighted by atomic mass is 10.2. The third-order valence-corrected chi connectivity index (χ3v) is 2.52. The molecule has 15 heavy (non-hydrogen) atoms. The van der Waals surface area contributed by atoms with E-state index in [1.807, 2.05) is 23.9 Å².